The molecule has 1 amide bonds. The van der Waals surface area contributed by atoms with Gasteiger partial charge in [-0.1, -0.05) is 12.1 Å². The molecule has 0 radical (unpaired) electrons. The predicted octanol–water partition coefficient (Wildman–Crippen LogP) is 8.02. The summed E-state index contributed by atoms with van der Waals surface area (Å²) in [5.41, 5.74) is 3.57. The number of hydrogen-bond acceptors (Lipinski definition) is 9. The van der Waals surface area contributed by atoms with Crippen molar-refractivity contribution in [3.05, 3.63) is 78.0 Å². The van der Waals surface area contributed by atoms with Gasteiger partial charge in [-0.15, -0.1) is 0 Å². The van der Waals surface area contributed by atoms with Crippen LogP contribution in [0.25, 0.3) is 33.1 Å². The fraction of sp³-hybridized carbons (Fsp3) is 0.286. The van der Waals surface area contributed by atoms with E-state index in [1.54, 1.807) is 12.3 Å². The van der Waals surface area contributed by atoms with Crippen LogP contribution in [0.1, 0.15) is 28.0 Å². The van der Waals surface area contributed by atoms with Crippen LogP contribution < -0.4 is 10.6 Å². The number of pyridine rings is 1. The second-order valence-corrected chi connectivity index (χ2v) is 12.3. The van der Waals surface area contributed by atoms with E-state index in [0.717, 1.165) is 63.9 Å². The highest BCUT2D eigenvalue weighted by Crippen LogP contribution is 2.34. The summed E-state index contributed by atoms with van der Waals surface area (Å²) >= 11 is 0. The van der Waals surface area contributed by atoms with Gasteiger partial charge in [0, 0.05) is 51.5 Å². The molecule has 14 nitrogen and oxygen atoms in total. The zero-order valence-corrected chi connectivity index (χ0v) is 31.2. The zero-order chi connectivity index (χ0) is 46.7. The van der Waals surface area contributed by atoms with Gasteiger partial charge in [-0.2, -0.15) is 52.7 Å². The van der Waals surface area contributed by atoms with E-state index in [-0.39, 0.29) is 11.3 Å². The van der Waals surface area contributed by atoms with Gasteiger partial charge in [-0.3, -0.25) is 9.78 Å². The monoisotopic (exact) mass is 889 g/mol. The minimum absolute atomic E-state index is 0.104. The van der Waals surface area contributed by atoms with Gasteiger partial charge in [-0.25, -0.2) is 24.4 Å². The number of alkyl halides is 12. The molecule has 6 N–H and O–H groups in total. The third-order valence-electron chi connectivity index (χ3n) is 7.29. The molecule has 26 heteroatoms. The average molecular weight is 890 g/mol. The molecule has 0 fully saturated rings. The summed E-state index contributed by atoms with van der Waals surface area (Å²) in [5, 5.41) is 29.0. The van der Waals surface area contributed by atoms with Crippen molar-refractivity contribution in [2.75, 3.05) is 37.8 Å². The number of carboxylic acid groups (broad SMARTS) is 3. The smallest absolute Gasteiger partial charge is 0.475 e. The number of aliphatic carboxylic acids is 3. The molecule has 5 aromatic rings. The number of carbonyl (C=O) groups is 4. The van der Waals surface area contributed by atoms with Crippen molar-refractivity contribution in [3.63, 3.8) is 0 Å². The number of nitrogens with one attached hydrogen (secondary N) is 3. The first-order chi connectivity index (χ1) is 27.9. The van der Waals surface area contributed by atoms with E-state index >= 15 is 0 Å². The first-order valence-corrected chi connectivity index (χ1v) is 16.4. The van der Waals surface area contributed by atoms with Crippen molar-refractivity contribution < 1.29 is 87.2 Å². The molecule has 0 atom stereocenters. The number of aryl methyl sites for hydroxylation is 1. The molecule has 332 valence electrons. The number of nitrogens with zero attached hydrogens (tertiary/aromatic N) is 4. The topological polar surface area (TPSA) is 211 Å². The third kappa shape index (κ3) is 16.1. The van der Waals surface area contributed by atoms with Crippen LogP contribution >= 0.6 is 0 Å². The molecule has 0 bridgehead atoms. The van der Waals surface area contributed by atoms with Gasteiger partial charge < -0.3 is 35.8 Å². The molecule has 0 spiro atoms. The highest BCUT2D eigenvalue weighted by molar-refractivity contribution is 6.07. The number of carbonyl (C=O) groups excluding carboxylic acids is 1. The normalized spacial score (nSPS) is 11.7. The number of H-pyrrole nitrogens is 1. The van der Waals surface area contributed by atoms with Crippen LogP contribution in [0.15, 0.2) is 61.2 Å². The average Bonchev–Trinajstić information content (AvgIpc) is 3.51. The van der Waals surface area contributed by atoms with Crippen LogP contribution in [0, 0.1) is 6.92 Å². The van der Waals surface area contributed by atoms with E-state index in [4.69, 9.17) is 29.7 Å². The molecule has 0 aliphatic rings. The summed E-state index contributed by atoms with van der Waals surface area (Å²) in [4.78, 5) is 57.9. The predicted molar refractivity (Wildman–Crippen MR) is 191 cm³/mol. The Labute approximate surface area is 334 Å². The first-order valence-electron chi connectivity index (χ1n) is 16.4. The molecule has 0 saturated carbocycles. The summed E-state index contributed by atoms with van der Waals surface area (Å²) in [7, 11) is 3.85. The largest absolute Gasteiger partial charge is 0.490 e. The Morgan fingerprint density at radius 3 is 1.79 bits per heavy atom. The van der Waals surface area contributed by atoms with Crippen molar-refractivity contribution in [1.29, 1.82) is 0 Å². The maximum absolute atomic E-state index is 13.6. The van der Waals surface area contributed by atoms with Crippen LogP contribution in [0.3, 0.4) is 0 Å². The minimum atomic E-state index is -5.08. The third-order valence-corrected chi connectivity index (χ3v) is 7.29. The van der Waals surface area contributed by atoms with Crippen LogP contribution in [-0.4, -0.2) is 110 Å². The number of fused-ring (bicyclic) bond motifs is 3. The van der Waals surface area contributed by atoms with Gasteiger partial charge in [0.05, 0.1) is 17.4 Å². The Balaban J connectivity index is 0.000000502. The van der Waals surface area contributed by atoms with Crippen LogP contribution in [0.5, 0.6) is 0 Å². The number of benzene rings is 2. The van der Waals surface area contributed by atoms with Crippen molar-refractivity contribution in [3.8, 4) is 11.1 Å². The van der Waals surface area contributed by atoms with Crippen molar-refractivity contribution in [2.24, 2.45) is 0 Å². The lowest BCUT2D eigenvalue weighted by molar-refractivity contribution is -0.193. The van der Waals surface area contributed by atoms with Crippen molar-refractivity contribution in [1.82, 2.24) is 24.8 Å². The number of aromatic amines is 1. The molecule has 61 heavy (non-hydrogen) atoms. The van der Waals surface area contributed by atoms with E-state index in [0.29, 0.717) is 12.2 Å². The molecular weight excluding hydrogens is 858 g/mol. The van der Waals surface area contributed by atoms with Crippen molar-refractivity contribution >= 4 is 57.1 Å². The quantitative estimate of drug-likeness (QED) is 0.0646. The Morgan fingerprint density at radius 2 is 1.28 bits per heavy atom. The van der Waals surface area contributed by atoms with Crippen LogP contribution in [0.4, 0.5) is 64.1 Å². The molecule has 0 unspecified atom stereocenters. The Morgan fingerprint density at radius 1 is 0.721 bits per heavy atom. The molecule has 5 rings (SSSR count). The Kier molecular flexibility index (Phi) is 16.9. The van der Waals surface area contributed by atoms with Gasteiger partial charge in [0.25, 0.3) is 5.91 Å². The van der Waals surface area contributed by atoms with Crippen molar-refractivity contribution in [2.45, 2.75) is 38.0 Å². The molecule has 3 aromatic heterocycles. The first kappa shape index (κ1) is 50.4. The fourth-order valence-electron chi connectivity index (χ4n) is 4.55. The van der Waals surface area contributed by atoms with Gasteiger partial charge in [0.2, 0.25) is 0 Å². The maximum Gasteiger partial charge on any atom is 0.490 e. The summed E-state index contributed by atoms with van der Waals surface area (Å²) in [5.74, 6) is -8.93. The number of rotatable bonds is 8. The molecule has 3 heterocycles. The van der Waals surface area contributed by atoms with Crippen LogP contribution in [0.2, 0.25) is 0 Å². The summed E-state index contributed by atoms with van der Waals surface area (Å²) in [6, 6.07) is 10.9. The van der Waals surface area contributed by atoms with Gasteiger partial charge >= 0.3 is 42.6 Å². The molecule has 0 saturated heterocycles. The number of amides is 1. The fourth-order valence-corrected chi connectivity index (χ4v) is 4.55. The van der Waals surface area contributed by atoms with Gasteiger partial charge in [0.1, 0.15) is 12.0 Å². The van der Waals surface area contributed by atoms with E-state index in [1.165, 1.54) is 18.6 Å². The van der Waals surface area contributed by atoms with E-state index in [9.17, 15) is 57.5 Å². The Bertz CT molecular complexity index is 2270. The van der Waals surface area contributed by atoms with Crippen LogP contribution in [-0.2, 0) is 20.6 Å². The molecule has 0 aliphatic heterocycles. The number of carboxylic acids is 3. The summed E-state index contributed by atoms with van der Waals surface area (Å²) in [6.45, 7) is 3.10. The molecule has 2 aromatic carbocycles. The second-order valence-electron chi connectivity index (χ2n) is 12.3. The standard InChI is InChI=1S/C29H28F3N7O.3C2HF3O2/c1-17-24(18-5-6-23-25-15-33-16-36-27(25)38-26(23)11-18)13-22(14-35-17)37-28(40)19-9-20(29(30,31)32)12-21(10-19)34-7-4-8-39(2)3;3*3-2(4,5)1(6)7/h5-6,9-16,34H,4,7-8H2,1-3H3,(H,37,40)(H,33,36,38);3*(H,6,7). The Hall–Kier alpha value is -6.73. The number of aromatic nitrogens is 4. The zero-order valence-electron chi connectivity index (χ0n) is 31.2. The van der Waals surface area contributed by atoms with Gasteiger partial charge in [0.15, 0.2) is 0 Å². The molecule has 0 aliphatic carbocycles. The lowest BCUT2D eigenvalue weighted by atomic mass is 10.0. The number of hydrogen-bond donors (Lipinski definition) is 6. The number of halogens is 12. The summed E-state index contributed by atoms with van der Waals surface area (Å²) < 4.78 is 136. The maximum atomic E-state index is 13.6. The molecular formula is C35H31F12N7O7. The SMILES string of the molecule is Cc1ncc(NC(=O)c2cc(NCCCN(C)C)cc(C(F)(F)F)c2)cc1-c1ccc2c(c1)[nH]c1ncncc12.O=C(O)C(F)(F)F.O=C(O)C(F)(F)F.O=C(O)C(F)(F)F. The second kappa shape index (κ2) is 20.5. The van der Waals surface area contributed by atoms with Gasteiger partial charge in [-0.05, 0) is 69.9 Å². The van der Waals surface area contributed by atoms with E-state index in [1.807, 2.05) is 44.1 Å². The summed E-state index contributed by atoms with van der Waals surface area (Å²) in [6.07, 6.45) is -14.4. The van der Waals surface area contributed by atoms with E-state index < -0.39 is 54.1 Å². The lowest BCUT2D eigenvalue weighted by Gasteiger charge is -2.15. The highest BCUT2D eigenvalue weighted by Gasteiger charge is 2.39. The highest BCUT2D eigenvalue weighted by atomic mass is 19.4. The minimum Gasteiger partial charge on any atom is -0.475 e. The number of anilines is 2. The van der Waals surface area contributed by atoms with E-state index in [2.05, 4.69) is 30.6 Å². The lowest BCUT2D eigenvalue weighted by Crippen LogP contribution is -2.21.